The van der Waals surface area contributed by atoms with Crippen LogP contribution >= 0.6 is 23.2 Å². The van der Waals surface area contributed by atoms with Gasteiger partial charge in [0, 0.05) is 23.3 Å². The van der Waals surface area contributed by atoms with Crippen molar-refractivity contribution in [1.82, 2.24) is 4.57 Å². The van der Waals surface area contributed by atoms with Crippen molar-refractivity contribution < 1.29 is 14.3 Å². The van der Waals surface area contributed by atoms with Crippen LogP contribution in [0.1, 0.15) is 22.6 Å². The van der Waals surface area contributed by atoms with E-state index < -0.39 is 4.92 Å². The summed E-state index contributed by atoms with van der Waals surface area (Å²) < 4.78 is 4.10. The molecule has 0 saturated carbocycles. The van der Waals surface area contributed by atoms with Crippen molar-refractivity contribution in [2.75, 3.05) is 0 Å². The molecule has 8 heteroatoms. The molecule has 1 aromatic heterocycles. The quantitative estimate of drug-likeness (QED) is 0.266. The van der Waals surface area contributed by atoms with Crippen LogP contribution in [0.5, 0.6) is 0 Å². The molecule has 0 fully saturated rings. The molecule has 0 unspecified atom stereocenters. The van der Waals surface area contributed by atoms with Crippen molar-refractivity contribution in [3.05, 3.63) is 80.2 Å². The molecule has 28 heavy (non-hydrogen) atoms. The number of benzene rings is 2. The van der Waals surface area contributed by atoms with Gasteiger partial charge in [-0.15, -0.1) is 0 Å². The maximum Gasteiger partial charge on any atom is 0.270 e. The highest BCUT2D eigenvalue weighted by Gasteiger charge is 2.30. The molecule has 4 rings (SSSR count). The number of nitro benzene ring substituents is 1. The summed E-state index contributed by atoms with van der Waals surface area (Å²) in [4.78, 5) is 23.2. The van der Waals surface area contributed by atoms with Crippen LogP contribution in [0.4, 0.5) is 5.69 Å². The van der Waals surface area contributed by atoms with E-state index in [9.17, 15) is 14.9 Å². The second kappa shape index (κ2) is 7.37. The largest absolute Gasteiger partial charge is 0.290 e. The maximum absolute atomic E-state index is 12.7. The normalized spacial score (nSPS) is 12.8. The number of hydrogen-bond donors (Lipinski definition) is 0. The third-order valence-electron chi connectivity index (χ3n) is 4.90. The van der Waals surface area contributed by atoms with Crippen molar-refractivity contribution in [3.63, 3.8) is 0 Å². The molecule has 0 amide bonds. The summed E-state index contributed by atoms with van der Waals surface area (Å²) >= 11 is 12.2. The number of hydrogen-bond acceptors (Lipinski definition) is 3. The van der Waals surface area contributed by atoms with Crippen LogP contribution in [0.3, 0.4) is 0 Å². The van der Waals surface area contributed by atoms with Gasteiger partial charge in [0.25, 0.3) is 11.5 Å². The number of rotatable bonds is 5. The molecular formula is C20H16Cl2N3O3+. The molecular weight excluding hydrogens is 401 g/mol. The Morgan fingerprint density at radius 3 is 2.75 bits per heavy atom. The highest BCUT2D eigenvalue weighted by atomic mass is 35.5. The molecule has 142 valence electrons. The topological polar surface area (TPSA) is 69.0 Å². The molecule has 2 heterocycles. The highest BCUT2D eigenvalue weighted by molar-refractivity contribution is 6.42. The van der Waals surface area contributed by atoms with Gasteiger partial charge >= 0.3 is 0 Å². The monoisotopic (exact) mass is 416 g/mol. The molecule has 6 nitrogen and oxygen atoms in total. The molecule has 0 aliphatic carbocycles. The molecule has 0 bridgehead atoms. The zero-order valence-electron chi connectivity index (χ0n) is 14.8. The van der Waals surface area contributed by atoms with Crippen molar-refractivity contribution >= 4 is 34.7 Å². The number of aromatic nitrogens is 2. The fourth-order valence-electron chi connectivity index (χ4n) is 3.57. The lowest BCUT2D eigenvalue weighted by Crippen LogP contribution is -2.40. The van der Waals surface area contributed by atoms with E-state index in [4.69, 9.17) is 23.2 Å². The van der Waals surface area contributed by atoms with Gasteiger partial charge in [-0.25, -0.2) is 9.13 Å². The lowest BCUT2D eigenvalue weighted by molar-refractivity contribution is -0.689. The van der Waals surface area contributed by atoms with Crippen LogP contribution in [0.2, 0.25) is 10.0 Å². The molecule has 3 aromatic rings. The second-order valence-corrected chi connectivity index (χ2v) is 7.49. The average molecular weight is 417 g/mol. The summed E-state index contributed by atoms with van der Waals surface area (Å²) in [6.07, 6.45) is 3.79. The fourth-order valence-corrected chi connectivity index (χ4v) is 3.87. The minimum atomic E-state index is -0.498. The first-order chi connectivity index (χ1) is 13.4. The number of fused-ring (bicyclic) bond motifs is 1. The minimum absolute atomic E-state index is 0.0885. The first-order valence-corrected chi connectivity index (χ1v) is 9.54. The summed E-state index contributed by atoms with van der Waals surface area (Å²) in [5, 5.41) is 11.9. The zero-order valence-corrected chi connectivity index (χ0v) is 16.3. The zero-order chi connectivity index (χ0) is 19.8. The summed E-state index contributed by atoms with van der Waals surface area (Å²) in [7, 11) is 0. The lowest BCUT2D eigenvalue weighted by atomic mass is 10.1. The second-order valence-electron chi connectivity index (χ2n) is 6.67. The van der Waals surface area contributed by atoms with E-state index in [1.54, 1.807) is 12.1 Å². The Kier molecular flexibility index (Phi) is 4.91. The van der Waals surface area contributed by atoms with Crippen molar-refractivity contribution in [1.29, 1.82) is 0 Å². The number of imidazole rings is 1. The summed E-state index contributed by atoms with van der Waals surface area (Å²) in [5.41, 5.74) is 2.14. The van der Waals surface area contributed by atoms with Gasteiger partial charge in [-0.3, -0.25) is 14.9 Å². The van der Waals surface area contributed by atoms with E-state index in [-0.39, 0.29) is 18.0 Å². The number of nitrogens with zero attached hydrogens (tertiary/aromatic N) is 3. The predicted molar refractivity (Wildman–Crippen MR) is 106 cm³/mol. The number of halogens is 2. The summed E-state index contributed by atoms with van der Waals surface area (Å²) in [5.74, 6) is 0.884. The molecule has 0 spiro atoms. The van der Waals surface area contributed by atoms with Gasteiger partial charge in [-0.1, -0.05) is 35.3 Å². The summed E-state index contributed by atoms with van der Waals surface area (Å²) in [6.45, 7) is 0.987. The van der Waals surface area contributed by atoms with E-state index in [1.807, 2.05) is 22.9 Å². The number of Topliss-reactive ketones (excluding diaryl/α,β-unsaturated/α-hetero) is 1. The Labute approximate surface area is 171 Å². The lowest BCUT2D eigenvalue weighted by Gasteiger charge is -2.01. The SMILES string of the molecule is O=C(C[n+]1cc(-c2ccc(Cl)c(Cl)c2)n2c1CCC2)c1cccc([N+](=O)[O-])c1. The molecule has 0 atom stereocenters. The molecule has 1 aliphatic heterocycles. The Hall–Kier alpha value is -2.70. The highest BCUT2D eigenvalue weighted by Crippen LogP contribution is 2.30. The molecule has 0 N–H and O–H groups in total. The van der Waals surface area contributed by atoms with E-state index in [1.165, 1.54) is 18.2 Å². The van der Waals surface area contributed by atoms with Crippen molar-refractivity contribution in [2.45, 2.75) is 25.9 Å². The Balaban J connectivity index is 1.68. The van der Waals surface area contributed by atoms with Crippen LogP contribution in [0.15, 0.2) is 48.7 Å². The third-order valence-corrected chi connectivity index (χ3v) is 5.64. The Bertz CT molecular complexity index is 1110. The van der Waals surface area contributed by atoms with Crippen LogP contribution in [-0.2, 0) is 19.5 Å². The number of carbonyl (C=O) groups excluding carboxylic acids is 1. The predicted octanol–water partition coefficient (Wildman–Crippen LogP) is 4.49. The summed E-state index contributed by atoms with van der Waals surface area (Å²) in [6, 6.07) is 11.3. The van der Waals surface area contributed by atoms with E-state index in [0.717, 1.165) is 36.5 Å². The number of ketones is 1. The van der Waals surface area contributed by atoms with Gasteiger partial charge in [0.15, 0.2) is 12.2 Å². The van der Waals surface area contributed by atoms with Crippen LogP contribution < -0.4 is 4.57 Å². The minimum Gasteiger partial charge on any atom is -0.290 e. The fraction of sp³-hybridized carbons (Fsp3) is 0.200. The maximum atomic E-state index is 12.7. The van der Waals surface area contributed by atoms with Gasteiger partial charge in [0.05, 0.1) is 27.9 Å². The first kappa shape index (κ1) is 18.7. The van der Waals surface area contributed by atoms with Gasteiger partial charge in [0.1, 0.15) is 6.20 Å². The van der Waals surface area contributed by atoms with Gasteiger partial charge in [-0.05, 0) is 24.6 Å². The van der Waals surface area contributed by atoms with E-state index in [0.29, 0.717) is 15.6 Å². The van der Waals surface area contributed by atoms with Gasteiger partial charge in [-0.2, -0.15) is 0 Å². The van der Waals surface area contributed by atoms with Crippen LogP contribution in [0.25, 0.3) is 11.3 Å². The third kappa shape index (κ3) is 3.41. The van der Waals surface area contributed by atoms with E-state index >= 15 is 0 Å². The first-order valence-electron chi connectivity index (χ1n) is 8.79. The molecule has 0 saturated heterocycles. The average Bonchev–Trinajstić information content (AvgIpc) is 3.28. The standard InChI is InChI=1S/C20H16Cl2N3O3/c21-16-7-6-13(10-17(16)22)18-11-23(20-5-2-8-24(18)20)12-19(26)14-3-1-4-15(9-14)25(27)28/h1,3-4,6-7,9-11H,2,5,8,12H2/q+1. The molecule has 0 radical (unpaired) electrons. The number of non-ortho nitro benzene ring substituents is 1. The van der Waals surface area contributed by atoms with Crippen LogP contribution in [0, 0.1) is 10.1 Å². The van der Waals surface area contributed by atoms with Crippen molar-refractivity contribution in [3.8, 4) is 11.3 Å². The Morgan fingerprint density at radius 1 is 1.18 bits per heavy atom. The van der Waals surface area contributed by atoms with Gasteiger partial charge in [0.2, 0.25) is 5.78 Å². The number of carbonyl (C=O) groups is 1. The van der Waals surface area contributed by atoms with Crippen LogP contribution in [-0.4, -0.2) is 15.3 Å². The van der Waals surface area contributed by atoms with E-state index in [2.05, 4.69) is 4.57 Å². The van der Waals surface area contributed by atoms with Crippen molar-refractivity contribution in [2.24, 2.45) is 0 Å². The van der Waals surface area contributed by atoms with Gasteiger partial charge < -0.3 is 0 Å². The Morgan fingerprint density at radius 2 is 2.00 bits per heavy atom. The molecule has 1 aliphatic rings. The smallest absolute Gasteiger partial charge is 0.270 e. The molecule has 2 aromatic carbocycles. The number of nitro groups is 1.